The number of fused-ring (bicyclic) bond motifs is 7. The normalized spacial score (nSPS) is 51.1. The van der Waals surface area contributed by atoms with Crippen molar-refractivity contribution in [2.45, 2.75) is 288 Å². The number of aryl methyl sites for hydroxylation is 3. The third kappa shape index (κ3) is 6.02. The standard InChI is InChI=1S/C29H43NO.C27H37NO2.C23H27NO2.C2H4N2/c1-17-10-11-20-14-28-16-29(22(20)18(17)2)19(3)25(7)12-13-27(29,23(28)30(28)9)15-21(25)26(8,31)24(4,5)6;1-15-8-9-16-12-26-14-27-18(16)19(15)30-21(27)23(5)10-11-25(27,20(26)28(26)7)13-17(23)24(6,29)22(2,3)4;1-12-5-6-14-9-22-11-23-16(14)17(12)26-19(23)20(3)7-8-21(23,18(22)24(22)4)10-15(20)13(2)25;1-4-2-3/h10-11,19,21,23,31H,12-16H2,1-9H3;8-9,17,20-21,29H,10-14H2,1-7H3;5-6,15,18-19H,7-11H2,1-4H3;3H,1H3/t19?,21?,23-,25?,26?,27?,28?,29+,30?;17?,20-,21?,23?,24?,25?,26?,27-,28?;15?,18-,19?,20?,21?,22?,23-,24?;/m000./s1. The number of hydrogen-bond donors (Lipinski definition) is 3. The van der Waals surface area contributed by atoms with Crippen LogP contribution >= 0.6 is 0 Å². The smallest absolute Gasteiger partial charge is 0.133 e. The molecule has 23 rings (SSSR count). The molecule has 0 amide bonds. The minimum absolute atomic E-state index is 0.00907. The SMILES string of the molecule is CC(=O)C1CC23CCC1(C)C1Oc4c(C)ccc5c4[C@@]12CC1(C5)[C@H]3N1C.CN=C=N.Cc1ccc2c(c1C)[C@]13CC4(C2)[C@@H](N4C)C12CCC(C)(C(C(C)(O)C(C)(C)C)C2)C3C.Cc1ccc2c3c1OC1C4(C)CCC5(CC4C(C)(O)C(C)(C)C)[C@@H]4N(C)C4(C2)C[C@]315. The summed E-state index contributed by atoms with van der Waals surface area (Å²) in [5.41, 5.74) is 16.2. The van der Waals surface area contributed by atoms with Crippen LogP contribution in [0.3, 0.4) is 0 Å². The molecule has 5 aliphatic heterocycles. The second-order valence-corrected chi connectivity index (χ2v) is 38.6. The van der Waals surface area contributed by atoms with E-state index in [9.17, 15) is 15.0 Å². The number of likely N-dealkylation sites (tertiary alicyclic amines) is 3. The maximum Gasteiger partial charge on any atom is 0.133 e. The third-order valence-corrected chi connectivity index (χ3v) is 34.8. The molecular weight excluding hydrogens is 1120 g/mol. The molecule has 5 heterocycles. The summed E-state index contributed by atoms with van der Waals surface area (Å²) >= 11 is 0. The van der Waals surface area contributed by atoms with Crippen molar-refractivity contribution in [3.63, 3.8) is 0 Å². The maximum absolute atomic E-state index is 12.7. The number of likely N-dealkylation sites (N-methyl/N-ethyl adjacent to an activating group) is 3. The van der Waals surface area contributed by atoms with Gasteiger partial charge in [0.2, 0.25) is 0 Å². The van der Waals surface area contributed by atoms with Crippen LogP contribution < -0.4 is 9.47 Å². The third-order valence-electron chi connectivity index (χ3n) is 34.8. The average molecular weight is 1230 g/mol. The molecule has 20 unspecified atom stereocenters. The number of rotatable bonds is 3. The van der Waals surface area contributed by atoms with Crippen LogP contribution in [-0.4, -0.2) is 123 Å². The molecule has 3 N–H and O–H groups in total. The summed E-state index contributed by atoms with van der Waals surface area (Å²) in [6.45, 7) is 38.7. The van der Waals surface area contributed by atoms with Gasteiger partial charge < -0.3 is 19.7 Å². The van der Waals surface area contributed by atoms with Crippen molar-refractivity contribution in [2.24, 2.45) is 72.0 Å². The van der Waals surface area contributed by atoms with Gasteiger partial charge in [0.25, 0.3) is 0 Å². The zero-order chi connectivity index (χ0) is 65.1. The summed E-state index contributed by atoms with van der Waals surface area (Å²) < 4.78 is 14.0. The van der Waals surface area contributed by atoms with E-state index >= 15 is 0 Å². The molecule has 0 aromatic heterocycles. The van der Waals surface area contributed by atoms with Crippen molar-refractivity contribution in [1.82, 2.24) is 14.7 Å². The minimum atomic E-state index is -0.718. The molecule has 12 bridgehead atoms. The van der Waals surface area contributed by atoms with Gasteiger partial charge in [-0.25, -0.2) is 10.4 Å². The summed E-state index contributed by atoms with van der Waals surface area (Å²) in [7, 11) is 8.62. The predicted molar refractivity (Wildman–Crippen MR) is 360 cm³/mol. The first kappa shape index (κ1) is 60.8. The number of nitrogens with zero attached hydrogens (tertiary/aromatic N) is 4. The molecule has 3 saturated heterocycles. The summed E-state index contributed by atoms with van der Waals surface area (Å²) in [5, 5.41) is 30.2. The molecule has 10 heteroatoms. The number of carbonyl (C=O) groups excluding carboxylic acids is 1. The van der Waals surface area contributed by atoms with Crippen LogP contribution in [0.4, 0.5) is 0 Å². The van der Waals surface area contributed by atoms with E-state index in [4.69, 9.17) is 14.9 Å². The first-order valence-electron chi connectivity index (χ1n) is 36.1. The number of benzene rings is 3. The lowest BCUT2D eigenvalue weighted by Gasteiger charge is -2.73. The highest BCUT2D eigenvalue weighted by Gasteiger charge is 2.93. The average Bonchev–Trinajstić information content (AvgIpc) is 1.44. The number of hydrogen-bond acceptors (Lipinski definition) is 10. The van der Waals surface area contributed by atoms with Gasteiger partial charge in [0.1, 0.15) is 29.5 Å². The molecule has 0 radical (unpaired) electrons. The van der Waals surface area contributed by atoms with Gasteiger partial charge in [0.15, 0.2) is 0 Å². The fourth-order valence-electron chi connectivity index (χ4n) is 29.8. The Bertz CT molecular complexity index is 3870. The summed E-state index contributed by atoms with van der Waals surface area (Å²) in [6, 6.07) is 18.0. The molecule has 26 atom stereocenters. The number of Topliss-reactive ketones (excluding diaryl/α,β-unsaturated/α-hetero) is 1. The lowest BCUT2D eigenvalue weighted by Crippen LogP contribution is -2.73. The van der Waals surface area contributed by atoms with Gasteiger partial charge in [-0.05, 0) is 250 Å². The Morgan fingerprint density at radius 1 is 0.560 bits per heavy atom. The lowest BCUT2D eigenvalue weighted by atomic mass is 9.32. The molecule has 3 aromatic carbocycles. The van der Waals surface area contributed by atoms with Crippen LogP contribution in [0.15, 0.2) is 41.4 Å². The number of nitrogens with one attached hydrogen (secondary N) is 1. The van der Waals surface area contributed by atoms with Crippen molar-refractivity contribution in [3.05, 3.63) is 92.0 Å². The second-order valence-electron chi connectivity index (χ2n) is 38.6. The predicted octanol–water partition coefficient (Wildman–Crippen LogP) is 14.2. The molecule has 12 saturated carbocycles. The maximum atomic E-state index is 12.7. The number of ether oxygens (including phenoxy) is 2. The number of piperidine rings is 3. The van der Waals surface area contributed by atoms with Crippen molar-refractivity contribution in [1.29, 1.82) is 5.41 Å². The highest BCUT2D eigenvalue weighted by molar-refractivity contribution is 5.81. The van der Waals surface area contributed by atoms with E-state index in [0.717, 1.165) is 19.3 Å². The molecule has 15 fully saturated rings. The molecular formula is C81H111N5O5. The minimum Gasteiger partial charge on any atom is -0.488 e. The van der Waals surface area contributed by atoms with Crippen LogP contribution in [-0.2, 0) is 40.3 Å². The van der Waals surface area contributed by atoms with Crippen LogP contribution in [0.1, 0.15) is 223 Å². The first-order chi connectivity index (χ1) is 42.3. The Kier molecular flexibility index (Phi) is 11.3. The van der Waals surface area contributed by atoms with Gasteiger partial charge in [-0.3, -0.25) is 19.5 Å². The van der Waals surface area contributed by atoms with E-state index < -0.39 is 11.2 Å². The van der Waals surface area contributed by atoms with E-state index in [1.165, 1.54) is 112 Å². The van der Waals surface area contributed by atoms with Crippen LogP contribution in [0.25, 0.3) is 0 Å². The Labute approximate surface area is 545 Å². The Morgan fingerprint density at radius 2 is 0.923 bits per heavy atom. The first-order valence-corrected chi connectivity index (χ1v) is 36.1. The summed E-state index contributed by atoms with van der Waals surface area (Å²) in [6.07, 6.45) is 18.8. The van der Waals surface area contributed by atoms with Crippen molar-refractivity contribution >= 4 is 11.8 Å². The van der Waals surface area contributed by atoms with Gasteiger partial charge in [0.05, 0.1) is 17.2 Å². The second kappa shape index (κ2) is 16.9. The molecule has 9 spiro atoms. The van der Waals surface area contributed by atoms with E-state index in [2.05, 4.69) is 188 Å². The molecule has 91 heavy (non-hydrogen) atoms. The van der Waals surface area contributed by atoms with E-state index in [-0.39, 0.29) is 78.2 Å². The Hall–Kier alpha value is -3.89. The topological polar surface area (TPSA) is 121 Å². The number of aliphatic hydroxyl groups is 2. The van der Waals surface area contributed by atoms with E-state index in [1.807, 2.05) is 6.92 Å². The molecule has 15 aliphatic carbocycles. The summed E-state index contributed by atoms with van der Waals surface area (Å²) in [5.74, 6) is 4.16. The zero-order valence-corrected chi connectivity index (χ0v) is 59.7. The van der Waals surface area contributed by atoms with Crippen LogP contribution in [0.2, 0.25) is 0 Å². The van der Waals surface area contributed by atoms with Gasteiger partial charge in [0, 0.05) is 96.7 Å². The zero-order valence-electron chi connectivity index (χ0n) is 59.7. The molecule has 3 aromatic rings. The Balaban J connectivity index is 0.000000102. The van der Waals surface area contributed by atoms with E-state index in [0.29, 0.717) is 57.8 Å². The van der Waals surface area contributed by atoms with Crippen molar-refractivity contribution in [2.75, 3.05) is 28.2 Å². The number of ketones is 1. The number of carbonyl (C=O) groups is 1. The monoisotopic (exact) mass is 1230 g/mol. The van der Waals surface area contributed by atoms with Crippen molar-refractivity contribution < 1.29 is 24.5 Å². The lowest BCUT2D eigenvalue weighted by molar-refractivity contribution is -0.246. The molecule has 490 valence electrons. The highest BCUT2D eigenvalue weighted by atomic mass is 16.5. The van der Waals surface area contributed by atoms with Crippen LogP contribution in [0, 0.1) is 100 Å². The van der Waals surface area contributed by atoms with E-state index in [1.54, 1.807) is 45.0 Å². The van der Waals surface area contributed by atoms with Gasteiger partial charge >= 0.3 is 0 Å². The van der Waals surface area contributed by atoms with Crippen LogP contribution in [0.5, 0.6) is 11.5 Å². The molecule has 10 nitrogen and oxygen atoms in total. The quantitative estimate of drug-likeness (QED) is 0.175. The largest absolute Gasteiger partial charge is 0.488 e. The number of aliphatic imine (C=N–C) groups is 1. The fourth-order valence-corrected chi connectivity index (χ4v) is 29.8. The fraction of sp³-hybridized carbons (Fsp3) is 0.753. The molecule has 20 aliphatic rings. The van der Waals surface area contributed by atoms with Gasteiger partial charge in [-0.15, -0.1) is 0 Å². The van der Waals surface area contributed by atoms with Crippen molar-refractivity contribution in [3.8, 4) is 11.5 Å². The Morgan fingerprint density at radius 3 is 1.35 bits per heavy atom. The van der Waals surface area contributed by atoms with Gasteiger partial charge in [-0.1, -0.05) is 106 Å². The summed E-state index contributed by atoms with van der Waals surface area (Å²) in [4.78, 5) is 24.0. The van der Waals surface area contributed by atoms with Gasteiger partial charge in [-0.2, -0.15) is 0 Å². The highest BCUT2D eigenvalue weighted by Crippen LogP contribution is 2.90.